The molecule has 0 unspecified atom stereocenters. The number of aryl methyl sites for hydroxylation is 2. The summed E-state index contributed by atoms with van der Waals surface area (Å²) in [5.41, 5.74) is 1.64. The highest BCUT2D eigenvalue weighted by Crippen LogP contribution is 2.31. The first-order chi connectivity index (χ1) is 17.2. The SMILES string of the molecule is Cc1ccnc(S(=O)(=O)Nc2ccc(-c3nc(O[C@@H]4CCNC[C@@H]4F)c4c(C)n[nH]c4n3)cc2F)c1. The predicted octanol–water partition coefficient (Wildman–Crippen LogP) is 3.05. The van der Waals surface area contributed by atoms with E-state index in [1.54, 1.807) is 19.9 Å². The lowest BCUT2D eigenvalue weighted by Crippen LogP contribution is -2.44. The van der Waals surface area contributed by atoms with Crippen LogP contribution in [0.2, 0.25) is 0 Å². The molecule has 1 aromatic carbocycles. The van der Waals surface area contributed by atoms with Crippen LogP contribution < -0.4 is 14.8 Å². The quantitative estimate of drug-likeness (QED) is 0.357. The molecule has 0 radical (unpaired) electrons. The van der Waals surface area contributed by atoms with Crippen LogP contribution in [0.15, 0.2) is 41.6 Å². The molecule has 3 aromatic heterocycles. The summed E-state index contributed by atoms with van der Waals surface area (Å²) in [6.07, 6.45) is -0.0943. The molecular weight excluding hydrogens is 492 g/mol. The van der Waals surface area contributed by atoms with Crippen LogP contribution in [0.1, 0.15) is 17.7 Å². The van der Waals surface area contributed by atoms with E-state index in [9.17, 15) is 17.2 Å². The monoisotopic (exact) mass is 515 g/mol. The number of ether oxygens (including phenoxy) is 1. The van der Waals surface area contributed by atoms with Crippen molar-refractivity contribution in [2.75, 3.05) is 17.8 Å². The van der Waals surface area contributed by atoms with Gasteiger partial charge in [-0.1, -0.05) is 0 Å². The van der Waals surface area contributed by atoms with Gasteiger partial charge in [0, 0.05) is 18.3 Å². The van der Waals surface area contributed by atoms with Gasteiger partial charge < -0.3 is 10.1 Å². The third-order valence-electron chi connectivity index (χ3n) is 5.82. The van der Waals surface area contributed by atoms with Gasteiger partial charge in [-0.05, 0) is 62.7 Å². The maximum absolute atomic E-state index is 15.0. The molecule has 1 saturated heterocycles. The van der Waals surface area contributed by atoms with Crippen molar-refractivity contribution in [1.29, 1.82) is 0 Å². The Morgan fingerprint density at radius 2 is 2.00 bits per heavy atom. The lowest BCUT2D eigenvalue weighted by molar-refractivity contribution is 0.0707. The number of anilines is 1. The van der Waals surface area contributed by atoms with Crippen molar-refractivity contribution in [3.63, 3.8) is 0 Å². The molecule has 0 aliphatic carbocycles. The number of alkyl halides is 1. The lowest BCUT2D eigenvalue weighted by Gasteiger charge is -2.27. The molecule has 1 aliphatic rings. The smallest absolute Gasteiger partial charge is 0.279 e. The van der Waals surface area contributed by atoms with E-state index in [1.807, 2.05) is 0 Å². The van der Waals surface area contributed by atoms with Gasteiger partial charge in [0.25, 0.3) is 10.0 Å². The second-order valence-electron chi connectivity index (χ2n) is 8.52. The highest BCUT2D eigenvalue weighted by molar-refractivity contribution is 7.92. The Morgan fingerprint density at radius 1 is 1.17 bits per heavy atom. The first-order valence-corrected chi connectivity index (χ1v) is 12.7. The number of nitrogens with one attached hydrogen (secondary N) is 3. The number of nitrogens with zero attached hydrogens (tertiary/aromatic N) is 4. The molecule has 5 rings (SSSR count). The van der Waals surface area contributed by atoms with Crippen molar-refractivity contribution < 1.29 is 21.9 Å². The zero-order chi connectivity index (χ0) is 25.4. The predicted molar refractivity (Wildman–Crippen MR) is 128 cm³/mol. The van der Waals surface area contributed by atoms with Gasteiger partial charge in [0.05, 0.1) is 11.4 Å². The molecule has 0 amide bonds. The molecule has 10 nitrogen and oxygen atoms in total. The van der Waals surface area contributed by atoms with E-state index < -0.39 is 28.1 Å². The first-order valence-electron chi connectivity index (χ1n) is 11.2. The van der Waals surface area contributed by atoms with E-state index in [-0.39, 0.29) is 34.5 Å². The first kappa shape index (κ1) is 24.0. The van der Waals surface area contributed by atoms with Crippen LogP contribution in [0.25, 0.3) is 22.4 Å². The molecule has 4 heterocycles. The van der Waals surface area contributed by atoms with Crippen LogP contribution in [0.4, 0.5) is 14.5 Å². The Hall–Kier alpha value is -3.71. The zero-order valence-corrected chi connectivity index (χ0v) is 20.2. The summed E-state index contributed by atoms with van der Waals surface area (Å²) in [7, 11) is -4.10. The Bertz CT molecular complexity index is 1540. The van der Waals surface area contributed by atoms with Gasteiger partial charge in [-0.15, -0.1) is 0 Å². The minimum atomic E-state index is -4.10. The zero-order valence-electron chi connectivity index (χ0n) is 19.4. The maximum Gasteiger partial charge on any atom is 0.279 e. The molecule has 1 aliphatic heterocycles. The molecule has 0 spiro atoms. The van der Waals surface area contributed by atoms with Crippen LogP contribution in [-0.4, -0.2) is 58.9 Å². The standard InChI is InChI=1S/C23H23F2N7O3S/c1-12-5-8-27-19(9-12)36(33,34)32-17-4-3-14(10-15(17)24)21-28-22-20(13(2)30-31-22)23(29-21)35-18-6-7-26-11-16(18)25/h3-5,8-10,16,18,26,32H,6-7,11H2,1-2H3,(H,28,29,30,31)/t16-,18+/m0/s1. The molecule has 2 atom stereocenters. The van der Waals surface area contributed by atoms with Gasteiger partial charge in [-0.2, -0.15) is 18.5 Å². The van der Waals surface area contributed by atoms with Crippen molar-refractivity contribution >= 4 is 26.7 Å². The van der Waals surface area contributed by atoms with E-state index in [0.29, 0.717) is 35.3 Å². The summed E-state index contributed by atoms with van der Waals surface area (Å²) in [4.78, 5) is 12.7. The number of rotatable bonds is 6. The third-order valence-corrected chi connectivity index (χ3v) is 7.08. The van der Waals surface area contributed by atoms with Crippen molar-refractivity contribution in [2.24, 2.45) is 0 Å². The van der Waals surface area contributed by atoms with Crippen molar-refractivity contribution in [3.8, 4) is 17.3 Å². The lowest BCUT2D eigenvalue weighted by atomic mass is 10.1. The second-order valence-corrected chi connectivity index (χ2v) is 10.2. The molecule has 3 N–H and O–H groups in total. The van der Waals surface area contributed by atoms with Crippen molar-refractivity contribution in [1.82, 2.24) is 30.5 Å². The number of H-pyrrole nitrogens is 1. The number of halogens is 2. The summed E-state index contributed by atoms with van der Waals surface area (Å²) < 4.78 is 62.8. The summed E-state index contributed by atoms with van der Waals surface area (Å²) in [5, 5.41) is 10.2. The average Bonchev–Trinajstić information content (AvgIpc) is 3.22. The van der Waals surface area contributed by atoms with Crippen LogP contribution in [0.3, 0.4) is 0 Å². The molecule has 1 fully saturated rings. The highest BCUT2D eigenvalue weighted by Gasteiger charge is 2.28. The number of hydrogen-bond donors (Lipinski definition) is 3. The Morgan fingerprint density at radius 3 is 2.75 bits per heavy atom. The number of pyridine rings is 1. The number of aromatic amines is 1. The number of fused-ring (bicyclic) bond motifs is 1. The summed E-state index contributed by atoms with van der Waals surface area (Å²) in [6, 6.07) is 6.90. The fourth-order valence-electron chi connectivity index (χ4n) is 3.92. The van der Waals surface area contributed by atoms with Crippen LogP contribution in [0, 0.1) is 19.7 Å². The number of hydrogen-bond acceptors (Lipinski definition) is 8. The normalized spacial score (nSPS) is 18.3. The Kier molecular flexibility index (Phi) is 6.26. The van der Waals surface area contributed by atoms with E-state index in [2.05, 4.69) is 35.2 Å². The van der Waals surface area contributed by atoms with Crippen molar-refractivity contribution in [2.45, 2.75) is 37.6 Å². The number of benzene rings is 1. The third kappa shape index (κ3) is 4.71. The Balaban J connectivity index is 1.47. The van der Waals surface area contributed by atoms with E-state index in [0.717, 1.165) is 6.07 Å². The molecule has 188 valence electrons. The summed E-state index contributed by atoms with van der Waals surface area (Å²) >= 11 is 0. The molecule has 0 saturated carbocycles. The largest absolute Gasteiger partial charge is 0.471 e. The highest BCUT2D eigenvalue weighted by atomic mass is 32.2. The molecule has 13 heteroatoms. The summed E-state index contributed by atoms with van der Waals surface area (Å²) in [5.74, 6) is -0.580. The van der Waals surface area contributed by atoms with Gasteiger partial charge >= 0.3 is 0 Å². The van der Waals surface area contributed by atoms with Crippen LogP contribution >= 0.6 is 0 Å². The summed E-state index contributed by atoms with van der Waals surface area (Å²) in [6.45, 7) is 4.26. The number of aromatic nitrogens is 5. The van der Waals surface area contributed by atoms with E-state index in [4.69, 9.17) is 4.74 Å². The van der Waals surface area contributed by atoms with E-state index in [1.165, 1.54) is 24.4 Å². The topological polar surface area (TPSA) is 135 Å². The van der Waals surface area contributed by atoms with Gasteiger partial charge in [0.2, 0.25) is 5.88 Å². The fourth-order valence-corrected chi connectivity index (χ4v) is 5.02. The van der Waals surface area contributed by atoms with Crippen LogP contribution in [-0.2, 0) is 10.0 Å². The van der Waals surface area contributed by atoms with E-state index >= 15 is 0 Å². The second kappa shape index (κ2) is 9.39. The Labute approximate surface area is 205 Å². The van der Waals surface area contributed by atoms with Gasteiger partial charge in [-0.3, -0.25) is 9.82 Å². The molecule has 0 bridgehead atoms. The maximum atomic E-state index is 15.0. The van der Waals surface area contributed by atoms with Gasteiger partial charge in [0.1, 0.15) is 23.5 Å². The molecular formula is C23H23F2N7O3S. The van der Waals surface area contributed by atoms with Crippen molar-refractivity contribution in [3.05, 3.63) is 53.6 Å². The average molecular weight is 516 g/mol. The van der Waals surface area contributed by atoms with Gasteiger partial charge in [0.15, 0.2) is 16.5 Å². The van der Waals surface area contributed by atoms with Gasteiger partial charge in [-0.25, -0.2) is 18.7 Å². The molecule has 4 aromatic rings. The minimum absolute atomic E-state index is 0.110. The number of piperidine rings is 1. The fraction of sp³-hybridized carbons (Fsp3) is 0.304. The molecule has 36 heavy (non-hydrogen) atoms. The van der Waals surface area contributed by atoms with Crippen LogP contribution in [0.5, 0.6) is 5.88 Å². The minimum Gasteiger partial charge on any atom is -0.471 e. The number of sulfonamides is 1.